The number of benzene rings is 1. The Hall–Kier alpha value is -3.60. The highest BCUT2D eigenvalue weighted by molar-refractivity contribution is 6.11. The lowest BCUT2D eigenvalue weighted by atomic mass is 9.97. The molecule has 1 unspecified atom stereocenters. The number of aromatic nitrogens is 3. The standard InChI is InChI=1S/C22H21F3N4O4/c1-12-4-13(14-6-17(32-2)20(33-3)26-7-14)5-15-9-28(21(31)19(12)15)16-8-27-29(10-16)18(11-30)22(23,24)25/h4-8,10,18,30H,9,11H2,1-3H3. The minimum Gasteiger partial charge on any atom is -0.491 e. The van der Waals surface area contributed by atoms with Crippen LogP contribution in [0.25, 0.3) is 11.1 Å². The molecule has 1 aromatic carbocycles. The molecule has 1 amide bonds. The van der Waals surface area contributed by atoms with Gasteiger partial charge in [0.05, 0.1) is 39.3 Å². The van der Waals surface area contributed by atoms with E-state index in [2.05, 4.69) is 10.1 Å². The zero-order chi connectivity index (χ0) is 23.9. The van der Waals surface area contributed by atoms with Gasteiger partial charge in [-0.3, -0.25) is 9.48 Å². The molecule has 2 aromatic heterocycles. The summed E-state index contributed by atoms with van der Waals surface area (Å²) in [4.78, 5) is 18.7. The zero-order valence-corrected chi connectivity index (χ0v) is 18.1. The van der Waals surface area contributed by atoms with Gasteiger partial charge in [-0.1, -0.05) is 6.07 Å². The van der Waals surface area contributed by atoms with Gasteiger partial charge in [-0.2, -0.15) is 18.3 Å². The van der Waals surface area contributed by atoms with Gasteiger partial charge in [0.15, 0.2) is 11.8 Å². The van der Waals surface area contributed by atoms with E-state index in [0.717, 1.165) is 28.5 Å². The Morgan fingerprint density at radius 1 is 1.15 bits per heavy atom. The summed E-state index contributed by atoms with van der Waals surface area (Å²) in [5, 5.41) is 12.9. The van der Waals surface area contributed by atoms with Gasteiger partial charge in [-0.05, 0) is 35.7 Å². The first-order valence-corrected chi connectivity index (χ1v) is 9.93. The second-order valence-corrected chi connectivity index (χ2v) is 7.57. The van der Waals surface area contributed by atoms with Gasteiger partial charge >= 0.3 is 6.18 Å². The maximum absolute atomic E-state index is 13.1. The number of pyridine rings is 1. The van der Waals surface area contributed by atoms with E-state index >= 15 is 0 Å². The summed E-state index contributed by atoms with van der Waals surface area (Å²) in [6, 6.07) is 3.28. The minimum atomic E-state index is -4.67. The van der Waals surface area contributed by atoms with E-state index in [4.69, 9.17) is 14.6 Å². The van der Waals surface area contributed by atoms with Crippen molar-refractivity contribution in [2.45, 2.75) is 25.7 Å². The number of aliphatic hydroxyl groups excluding tert-OH is 1. The Bertz CT molecular complexity index is 1210. The Morgan fingerprint density at radius 3 is 2.55 bits per heavy atom. The van der Waals surface area contributed by atoms with Gasteiger partial charge in [0.25, 0.3) is 11.8 Å². The van der Waals surface area contributed by atoms with Crippen LogP contribution in [0.1, 0.15) is 27.5 Å². The Morgan fingerprint density at radius 2 is 1.91 bits per heavy atom. The van der Waals surface area contributed by atoms with Gasteiger partial charge in [0.2, 0.25) is 0 Å². The highest BCUT2D eigenvalue weighted by Gasteiger charge is 2.42. The van der Waals surface area contributed by atoms with Crippen molar-refractivity contribution in [3.63, 3.8) is 0 Å². The number of rotatable bonds is 6. The maximum atomic E-state index is 13.1. The number of ether oxygens (including phenoxy) is 2. The molecule has 4 rings (SSSR count). The molecule has 8 nitrogen and oxygen atoms in total. The first kappa shape index (κ1) is 22.6. The predicted octanol–water partition coefficient (Wildman–Crippen LogP) is 3.53. The lowest BCUT2D eigenvalue weighted by Crippen LogP contribution is -2.30. The average Bonchev–Trinajstić information content (AvgIpc) is 3.37. The molecule has 0 spiro atoms. The first-order valence-electron chi connectivity index (χ1n) is 9.93. The number of hydrogen-bond donors (Lipinski definition) is 1. The molecular weight excluding hydrogens is 441 g/mol. The van der Waals surface area contributed by atoms with Crippen LogP contribution in [0, 0.1) is 6.92 Å². The van der Waals surface area contributed by atoms with E-state index in [1.54, 1.807) is 19.2 Å². The van der Waals surface area contributed by atoms with Crippen molar-refractivity contribution in [2.75, 3.05) is 25.7 Å². The predicted molar refractivity (Wildman–Crippen MR) is 112 cm³/mol. The smallest absolute Gasteiger partial charge is 0.413 e. The van der Waals surface area contributed by atoms with Crippen LogP contribution in [0.2, 0.25) is 0 Å². The third-order valence-corrected chi connectivity index (χ3v) is 5.54. The number of hydrogen-bond acceptors (Lipinski definition) is 6. The molecule has 0 fully saturated rings. The van der Waals surface area contributed by atoms with Crippen LogP contribution < -0.4 is 14.4 Å². The van der Waals surface area contributed by atoms with E-state index in [9.17, 15) is 18.0 Å². The molecule has 3 aromatic rings. The summed E-state index contributed by atoms with van der Waals surface area (Å²) in [5.41, 5.74) is 3.73. The Balaban J connectivity index is 1.66. The van der Waals surface area contributed by atoms with Crippen molar-refractivity contribution in [2.24, 2.45) is 0 Å². The molecule has 0 saturated carbocycles. The Labute approximate surface area is 187 Å². The summed E-state index contributed by atoms with van der Waals surface area (Å²) in [6.07, 6.45) is -0.735. The summed E-state index contributed by atoms with van der Waals surface area (Å²) in [7, 11) is 3.00. The number of amides is 1. The average molecular weight is 462 g/mol. The van der Waals surface area contributed by atoms with Crippen LogP contribution >= 0.6 is 0 Å². The van der Waals surface area contributed by atoms with Crippen LogP contribution in [-0.4, -0.2) is 52.8 Å². The van der Waals surface area contributed by atoms with E-state index in [1.807, 2.05) is 12.1 Å². The number of halogens is 3. The second-order valence-electron chi connectivity index (χ2n) is 7.57. The number of aliphatic hydroxyl groups is 1. The molecule has 0 aliphatic carbocycles. The molecule has 3 heterocycles. The van der Waals surface area contributed by atoms with Crippen LogP contribution in [-0.2, 0) is 6.54 Å². The number of anilines is 1. The molecule has 174 valence electrons. The highest BCUT2D eigenvalue weighted by Crippen LogP contribution is 2.37. The van der Waals surface area contributed by atoms with Crippen LogP contribution in [0.4, 0.5) is 18.9 Å². The first-order chi connectivity index (χ1) is 15.7. The van der Waals surface area contributed by atoms with E-state index in [0.29, 0.717) is 21.9 Å². The monoisotopic (exact) mass is 462 g/mol. The molecule has 1 aliphatic rings. The summed E-state index contributed by atoms with van der Waals surface area (Å²) in [5.74, 6) is 0.477. The summed E-state index contributed by atoms with van der Waals surface area (Å²) in [6.45, 7) is 0.818. The second kappa shape index (κ2) is 8.39. The molecule has 33 heavy (non-hydrogen) atoms. The fourth-order valence-corrected chi connectivity index (χ4v) is 3.91. The zero-order valence-electron chi connectivity index (χ0n) is 18.1. The number of nitrogens with zero attached hydrogens (tertiary/aromatic N) is 4. The van der Waals surface area contributed by atoms with E-state index in [1.165, 1.54) is 25.3 Å². The SMILES string of the molecule is COc1cc(-c2cc(C)c3c(c2)CN(c2cnn(C(CO)C(F)(F)F)c2)C3=O)cnc1OC. The molecule has 1 N–H and O–H groups in total. The van der Waals surface area contributed by atoms with Crippen molar-refractivity contribution in [1.29, 1.82) is 0 Å². The third-order valence-electron chi connectivity index (χ3n) is 5.54. The molecule has 1 atom stereocenters. The largest absolute Gasteiger partial charge is 0.491 e. The van der Waals surface area contributed by atoms with Gasteiger partial charge < -0.3 is 19.5 Å². The van der Waals surface area contributed by atoms with Crippen molar-refractivity contribution >= 4 is 11.6 Å². The number of methoxy groups -OCH3 is 2. The third kappa shape index (κ3) is 3.99. The normalized spacial score (nSPS) is 14.4. The fraction of sp³-hybridized carbons (Fsp3) is 0.318. The van der Waals surface area contributed by atoms with Crippen LogP contribution in [0.15, 0.2) is 36.8 Å². The lowest BCUT2D eigenvalue weighted by molar-refractivity contribution is -0.178. The topological polar surface area (TPSA) is 89.7 Å². The van der Waals surface area contributed by atoms with E-state index < -0.39 is 18.8 Å². The number of aryl methyl sites for hydroxylation is 1. The number of carbonyl (C=O) groups is 1. The number of fused-ring (bicyclic) bond motifs is 1. The minimum absolute atomic E-state index is 0.172. The molecular formula is C22H21F3N4O4. The molecule has 0 radical (unpaired) electrons. The van der Waals surface area contributed by atoms with Gasteiger partial charge in [-0.15, -0.1) is 0 Å². The highest BCUT2D eigenvalue weighted by atomic mass is 19.4. The van der Waals surface area contributed by atoms with E-state index in [-0.39, 0.29) is 18.1 Å². The fourth-order valence-electron chi connectivity index (χ4n) is 3.91. The van der Waals surface area contributed by atoms with Crippen molar-refractivity contribution < 1.29 is 32.5 Å². The maximum Gasteiger partial charge on any atom is 0.413 e. The van der Waals surface area contributed by atoms with Crippen molar-refractivity contribution in [3.05, 3.63) is 53.5 Å². The number of carbonyl (C=O) groups excluding carboxylic acids is 1. The molecule has 0 saturated heterocycles. The molecule has 0 bridgehead atoms. The van der Waals surface area contributed by atoms with Gasteiger partial charge in [-0.25, -0.2) is 4.98 Å². The molecule has 1 aliphatic heterocycles. The van der Waals surface area contributed by atoms with Gasteiger partial charge in [0, 0.05) is 23.5 Å². The quantitative estimate of drug-likeness (QED) is 0.603. The number of alkyl halides is 3. The summed E-state index contributed by atoms with van der Waals surface area (Å²) < 4.78 is 50.5. The lowest BCUT2D eigenvalue weighted by Gasteiger charge is -2.18. The van der Waals surface area contributed by atoms with Crippen LogP contribution in [0.3, 0.4) is 0 Å². The molecule has 11 heteroatoms. The van der Waals surface area contributed by atoms with Crippen LogP contribution in [0.5, 0.6) is 11.6 Å². The Kier molecular flexibility index (Phi) is 5.75. The van der Waals surface area contributed by atoms with Gasteiger partial charge in [0.1, 0.15) is 0 Å². The van der Waals surface area contributed by atoms with Crippen molar-refractivity contribution in [1.82, 2.24) is 14.8 Å². The van der Waals surface area contributed by atoms with Crippen molar-refractivity contribution in [3.8, 4) is 22.8 Å². The summed E-state index contributed by atoms with van der Waals surface area (Å²) >= 11 is 0.